The van der Waals surface area contributed by atoms with E-state index in [1.807, 2.05) is 13.8 Å². The molecule has 114 valence electrons. The van der Waals surface area contributed by atoms with Crippen LogP contribution in [0.3, 0.4) is 0 Å². The summed E-state index contributed by atoms with van der Waals surface area (Å²) in [6.45, 7) is 5.16. The van der Waals surface area contributed by atoms with Gasteiger partial charge in [-0.25, -0.2) is 0 Å². The van der Waals surface area contributed by atoms with Gasteiger partial charge in [0.2, 0.25) is 5.91 Å². The summed E-state index contributed by atoms with van der Waals surface area (Å²) in [5.41, 5.74) is 0.938. The minimum atomic E-state index is -1.10. The molecule has 0 aliphatic rings. The first-order chi connectivity index (χ1) is 9.85. The van der Waals surface area contributed by atoms with Gasteiger partial charge in [-0.15, -0.1) is 0 Å². The van der Waals surface area contributed by atoms with E-state index in [4.69, 9.17) is 5.11 Å². The molecule has 3 N–H and O–H groups in total. The van der Waals surface area contributed by atoms with Gasteiger partial charge in [-0.05, 0) is 37.6 Å². The van der Waals surface area contributed by atoms with Gasteiger partial charge in [0.05, 0.1) is 0 Å². The summed E-state index contributed by atoms with van der Waals surface area (Å²) in [7, 11) is 0. The molecule has 6 heteroatoms. The van der Waals surface area contributed by atoms with Crippen molar-refractivity contribution in [2.75, 3.05) is 5.32 Å². The van der Waals surface area contributed by atoms with Crippen LogP contribution in [0.25, 0.3) is 0 Å². The van der Waals surface area contributed by atoms with Crippen LogP contribution < -0.4 is 10.6 Å². The molecule has 1 aromatic carbocycles. The fraction of sp³-hybridized carbons (Fsp3) is 0.400. The van der Waals surface area contributed by atoms with Gasteiger partial charge in [-0.3, -0.25) is 14.4 Å². The summed E-state index contributed by atoms with van der Waals surface area (Å²) < 4.78 is 0. The average Bonchev–Trinajstić information content (AvgIpc) is 2.46. The molecule has 0 aromatic heterocycles. The average molecular weight is 292 g/mol. The number of hydrogen-bond acceptors (Lipinski definition) is 3. The van der Waals surface area contributed by atoms with Gasteiger partial charge < -0.3 is 15.7 Å². The Labute approximate surface area is 123 Å². The van der Waals surface area contributed by atoms with Gasteiger partial charge in [-0.1, -0.05) is 13.8 Å². The highest BCUT2D eigenvalue weighted by atomic mass is 16.4. The van der Waals surface area contributed by atoms with Gasteiger partial charge >= 0.3 is 5.97 Å². The summed E-state index contributed by atoms with van der Waals surface area (Å²) in [5, 5.41) is 13.8. The van der Waals surface area contributed by atoms with Gasteiger partial charge in [0.1, 0.15) is 6.04 Å². The second kappa shape index (κ2) is 7.42. The number of aliphatic carboxylic acids is 1. The maximum Gasteiger partial charge on any atom is 0.325 e. The molecule has 2 amide bonds. The monoisotopic (exact) mass is 292 g/mol. The van der Waals surface area contributed by atoms with E-state index >= 15 is 0 Å². The van der Waals surface area contributed by atoms with Crippen LogP contribution in [-0.4, -0.2) is 28.9 Å². The molecule has 0 saturated heterocycles. The second-order valence-electron chi connectivity index (χ2n) is 4.91. The molecule has 6 nitrogen and oxygen atoms in total. The smallest absolute Gasteiger partial charge is 0.325 e. The third kappa shape index (κ3) is 4.91. The number of carbonyl (C=O) groups excluding carboxylic acids is 2. The van der Waals surface area contributed by atoms with Crippen LogP contribution in [0.4, 0.5) is 5.69 Å². The fourth-order valence-corrected chi connectivity index (χ4v) is 1.50. The number of carbonyl (C=O) groups is 3. The van der Waals surface area contributed by atoms with Crippen LogP contribution in [0.1, 0.15) is 37.6 Å². The molecule has 2 unspecified atom stereocenters. The summed E-state index contributed by atoms with van der Waals surface area (Å²) in [4.78, 5) is 34.2. The Kier molecular flexibility index (Phi) is 5.90. The minimum absolute atomic E-state index is 0.0748. The Morgan fingerprint density at radius 2 is 1.71 bits per heavy atom. The van der Waals surface area contributed by atoms with Gasteiger partial charge in [0.15, 0.2) is 0 Å². The van der Waals surface area contributed by atoms with E-state index < -0.39 is 17.9 Å². The maximum absolute atomic E-state index is 11.8. The Hall–Kier alpha value is -2.37. The highest BCUT2D eigenvalue weighted by Gasteiger charge is 2.15. The molecule has 21 heavy (non-hydrogen) atoms. The Balaban J connectivity index is 2.67. The van der Waals surface area contributed by atoms with Crippen LogP contribution in [0.2, 0.25) is 0 Å². The lowest BCUT2D eigenvalue weighted by atomic mass is 10.1. The molecular formula is C15H20N2O4. The van der Waals surface area contributed by atoms with Crippen molar-refractivity contribution in [3.05, 3.63) is 29.8 Å². The highest BCUT2D eigenvalue weighted by Crippen LogP contribution is 2.12. The largest absolute Gasteiger partial charge is 0.480 e. The molecule has 2 atom stereocenters. The molecule has 0 aliphatic carbocycles. The molecule has 0 heterocycles. The Morgan fingerprint density at radius 1 is 1.14 bits per heavy atom. The van der Waals surface area contributed by atoms with Crippen molar-refractivity contribution >= 4 is 23.5 Å². The van der Waals surface area contributed by atoms with Crippen LogP contribution in [0.15, 0.2) is 24.3 Å². The Morgan fingerprint density at radius 3 is 2.19 bits per heavy atom. The third-order valence-electron chi connectivity index (χ3n) is 3.19. The van der Waals surface area contributed by atoms with Crippen molar-refractivity contribution < 1.29 is 19.5 Å². The van der Waals surface area contributed by atoms with E-state index in [1.54, 1.807) is 12.1 Å². The molecular weight excluding hydrogens is 272 g/mol. The fourth-order valence-electron chi connectivity index (χ4n) is 1.50. The number of amides is 2. The number of nitrogens with one attached hydrogen (secondary N) is 2. The first-order valence-corrected chi connectivity index (χ1v) is 6.79. The van der Waals surface area contributed by atoms with Gasteiger partial charge in [0, 0.05) is 17.2 Å². The Bertz CT molecular complexity index is 525. The number of rotatable bonds is 6. The third-order valence-corrected chi connectivity index (χ3v) is 3.19. The van der Waals surface area contributed by atoms with Crippen molar-refractivity contribution in [1.82, 2.24) is 5.32 Å². The SMILES string of the molecule is CCC(C)C(=O)Nc1ccc(C(=O)NC(C)C(=O)O)cc1. The standard InChI is InChI=1S/C15H20N2O4/c1-4-9(2)13(18)17-12-7-5-11(6-8-12)14(19)16-10(3)15(20)21/h5-10H,4H2,1-3H3,(H,16,19)(H,17,18)(H,20,21). The zero-order chi connectivity index (χ0) is 16.0. The van der Waals surface area contributed by atoms with Gasteiger partial charge in [0.25, 0.3) is 5.91 Å². The summed E-state index contributed by atoms with van der Waals surface area (Å²) in [5.74, 6) is -1.72. The number of hydrogen-bond donors (Lipinski definition) is 3. The lowest BCUT2D eigenvalue weighted by molar-refractivity contribution is -0.138. The van der Waals surface area contributed by atoms with Crippen molar-refractivity contribution in [3.63, 3.8) is 0 Å². The van der Waals surface area contributed by atoms with E-state index in [9.17, 15) is 14.4 Å². The number of benzene rings is 1. The van der Waals surface area contributed by atoms with Crippen LogP contribution in [-0.2, 0) is 9.59 Å². The van der Waals surface area contributed by atoms with Crippen LogP contribution in [0.5, 0.6) is 0 Å². The van der Waals surface area contributed by atoms with E-state index in [0.29, 0.717) is 11.3 Å². The van der Waals surface area contributed by atoms with Crippen LogP contribution in [0, 0.1) is 5.92 Å². The van der Waals surface area contributed by atoms with Crippen molar-refractivity contribution in [1.29, 1.82) is 0 Å². The summed E-state index contributed by atoms with van der Waals surface area (Å²) in [6.07, 6.45) is 0.749. The minimum Gasteiger partial charge on any atom is -0.480 e. The molecule has 0 radical (unpaired) electrons. The number of carboxylic acids is 1. The first-order valence-electron chi connectivity index (χ1n) is 6.79. The molecule has 0 fully saturated rings. The second-order valence-corrected chi connectivity index (χ2v) is 4.91. The van der Waals surface area contributed by atoms with Crippen molar-refractivity contribution in [3.8, 4) is 0 Å². The number of anilines is 1. The summed E-state index contributed by atoms with van der Waals surface area (Å²) in [6, 6.07) is 5.34. The molecule has 1 rings (SSSR count). The highest BCUT2D eigenvalue weighted by molar-refractivity contribution is 5.97. The maximum atomic E-state index is 11.8. The van der Waals surface area contributed by atoms with E-state index in [0.717, 1.165) is 6.42 Å². The van der Waals surface area contributed by atoms with E-state index in [1.165, 1.54) is 19.1 Å². The molecule has 1 aromatic rings. The molecule has 0 spiro atoms. The van der Waals surface area contributed by atoms with E-state index in [-0.39, 0.29) is 11.8 Å². The lowest BCUT2D eigenvalue weighted by Crippen LogP contribution is -2.38. The zero-order valence-electron chi connectivity index (χ0n) is 12.3. The molecule has 0 aliphatic heterocycles. The predicted octanol–water partition coefficient (Wildman–Crippen LogP) is 1.87. The topological polar surface area (TPSA) is 95.5 Å². The quantitative estimate of drug-likeness (QED) is 0.746. The van der Waals surface area contributed by atoms with E-state index in [2.05, 4.69) is 10.6 Å². The van der Waals surface area contributed by atoms with Crippen molar-refractivity contribution in [2.24, 2.45) is 5.92 Å². The first kappa shape index (κ1) is 16.7. The number of carboxylic acid groups (broad SMARTS) is 1. The van der Waals surface area contributed by atoms with Crippen LogP contribution >= 0.6 is 0 Å². The predicted molar refractivity (Wildman–Crippen MR) is 79.1 cm³/mol. The lowest BCUT2D eigenvalue weighted by Gasteiger charge is -2.11. The molecule has 0 bridgehead atoms. The normalized spacial score (nSPS) is 13.1. The van der Waals surface area contributed by atoms with Crippen molar-refractivity contribution in [2.45, 2.75) is 33.2 Å². The van der Waals surface area contributed by atoms with Gasteiger partial charge in [-0.2, -0.15) is 0 Å². The summed E-state index contributed by atoms with van der Waals surface area (Å²) >= 11 is 0. The molecule has 0 saturated carbocycles. The zero-order valence-corrected chi connectivity index (χ0v) is 12.3.